The van der Waals surface area contributed by atoms with Crippen LogP contribution in [0.5, 0.6) is 5.75 Å². The number of carbonyl (C=O) groups excluding carboxylic acids is 1. The Morgan fingerprint density at radius 2 is 1.94 bits per heavy atom. The largest absolute Gasteiger partial charge is 0.497 e. The van der Waals surface area contributed by atoms with Crippen molar-refractivity contribution < 1.29 is 19.4 Å². The molecule has 18 heavy (non-hydrogen) atoms. The normalized spacial score (nSPS) is 11.7. The van der Waals surface area contributed by atoms with Crippen LogP contribution in [0.1, 0.15) is 6.92 Å². The lowest BCUT2D eigenvalue weighted by atomic mass is 10.3. The maximum atomic E-state index is 11.5. The van der Waals surface area contributed by atoms with Crippen LogP contribution >= 0.6 is 0 Å². The smallest absolute Gasteiger partial charge is 0.320 e. The molecule has 0 saturated carbocycles. The highest BCUT2D eigenvalue weighted by Crippen LogP contribution is 2.14. The third-order valence-electron chi connectivity index (χ3n) is 2.31. The van der Waals surface area contributed by atoms with E-state index >= 15 is 0 Å². The summed E-state index contributed by atoms with van der Waals surface area (Å²) in [6.07, 6.45) is 0. The monoisotopic (exact) mass is 252 g/mol. The molecule has 6 heteroatoms. The van der Waals surface area contributed by atoms with Crippen molar-refractivity contribution in [1.29, 1.82) is 0 Å². The minimum atomic E-state index is -0.993. The average Bonchev–Trinajstić information content (AvgIpc) is 2.36. The molecule has 0 spiro atoms. The number of ether oxygens (including phenoxy) is 1. The van der Waals surface area contributed by atoms with E-state index in [1.54, 1.807) is 31.4 Å². The van der Waals surface area contributed by atoms with E-state index in [0.717, 1.165) is 0 Å². The summed E-state index contributed by atoms with van der Waals surface area (Å²) in [6.45, 7) is 1.42. The molecule has 6 nitrogen and oxygen atoms in total. The van der Waals surface area contributed by atoms with Gasteiger partial charge in [0.05, 0.1) is 13.7 Å². The number of hydrogen-bond donors (Lipinski definition) is 3. The fourth-order valence-electron chi connectivity index (χ4n) is 1.21. The van der Waals surface area contributed by atoms with E-state index in [0.29, 0.717) is 11.4 Å². The maximum Gasteiger partial charge on any atom is 0.320 e. The molecule has 3 N–H and O–H groups in total. The van der Waals surface area contributed by atoms with Gasteiger partial charge in [0.15, 0.2) is 0 Å². The third kappa shape index (κ3) is 4.42. The van der Waals surface area contributed by atoms with Crippen molar-refractivity contribution in [2.24, 2.45) is 0 Å². The van der Waals surface area contributed by atoms with Gasteiger partial charge < -0.3 is 15.2 Å². The van der Waals surface area contributed by atoms with Crippen molar-refractivity contribution in [3.8, 4) is 5.75 Å². The van der Waals surface area contributed by atoms with Gasteiger partial charge in [-0.05, 0) is 31.2 Å². The summed E-state index contributed by atoms with van der Waals surface area (Å²) < 4.78 is 4.99. The Kier molecular flexibility index (Phi) is 5.13. The first-order valence-electron chi connectivity index (χ1n) is 5.43. The number of methoxy groups -OCH3 is 1. The Hall–Kier alpha value is -2.08. The lowest BCUT2D eigenvalue weighted by Crippen LogP contribution is -2.39. The molecule has 1 aromatic rings. The molecule has 98 valence electrons. The van der Waals surface area contributed by atoms with Crippen LogP contribution in [0.4, 0.5) is 5.69 Å². The summed E-state index contributed by atoms with van der Waals surface area (Å²) in [5, 5.41) is 13.9. The number of hydrogen-bond acceptors (Lipinski definition) is 4. The van der Waals surface area contributed by atoms with Crippen LogP contribution in [0.25, 0.3) is 0 Å². The molecule has 0 heterocycles. The second kappa shape index (κ2) is 6.61. The molecular formula is C12H16N2O4. The summed E-state index contributed by atoms with van der Waals surface area (Å²) in [5.74, 6) is -0.592. The number of benzene rings is 1. The number of aliphatic carboxylic acids is 1. The van der Waals surface area contributed by atoms with Gasteiger partial charge in [0, 0.05) is 5.69 Å². The number of anilines is 1. The van der Waals surface area contributed by atoms with Crippen LogP contribution in [0, 0.1) is 0 Å². The van der Waals surface area contributed by atoms with Gasteiger partial charge in [-0.3, -0.25) is 14.9 Å². The van der Waals surface area contributed by atoms with Crippen molar-refractivity contribution in [1.82, 2.24) is 5.32 Å². The number of amides is 1. The van der Waals surface area contributed by atoms with Crippen molar-refractivity contribution in [2.75, 3.05) is 19.0 Å². The highest BCUT2D eigenvalue weighted by molar-refractivity contribution is 5.92. The predicted octanol–water partition coefficient (Wildman–Crippen LogP) is 0.696. The quantitative estimate of drug-likeness (QED) is 0.693. The number of carboxylic acids is 1. The lowest BCUT2D eigenvalue weighted by molar-refractivity contribution is -0.139. The first kappa shape index (κ1) is 14.0. The number of carbonyl (C=O) groups is 2. The molecule has 1 amide bonds. The van der Waals surface area contributed by atoms with Crippen molar-refractivity contribution in [3.63, 3.8) is 0 Å². The van der Waals surface area contributed by atoms with Gasteiger partial charge >= 0.3 is 5.97 Å². The van der Waals surface area contributed by atoms with Crippen LogP contribution in [0.3, 0.4) is 0 Å². The van der Waals surface area contributed by atoms with E-state index in [4.69, 9.17) is 9.84 Å². The molecule has 1 atom stereocenters. The van der Waals surface area contributed by atoms with Crippen molar-refractivity contribution in [2.45, 2.75) is 13.0 Å². The number of carboxylic acid groups (broad SMARTS) is 1. The van der Waals surface area contributed by atoms with E-state index in [-0.39, 0.29) is 12.5 Å². The summed E-state index contributed by atoms with van der Waals surface area (Å²) in [6, 6.07) is 6.10. The summed E-state index contributed by atoms with van der Waals surface area (Å²) in [7, 11) is 1.56. The Morgan fingerprint density at radius 1 is 1.33 bits per heavy atom. The van der Waals surface area contributed by atoms with E-state index in [2.05, 4.69) is 10.6 Å². The first-order valence-corrected chi connectivity index (χ1v) is 5.43. The molecule has 0 aromatic heterocycles. The Labute approximate surface area is 105 Å². The molecule has 0 bridgehead atoms. The zero-order valence-corrected chi connectivity index (χ0v) is 10.3. The summed E-state index contributed by atoms with van der Waals surface area (Å²) in [5.41, 5.74) is 0.630. The Morgan fingerprint density at radius 3 is 2.44 bits per heavy atom. The number of nitrogens with one attached hydrogen (secondary N) is 2. The second-order valence-electron chi connectivity index (χ2n) is 3.72. The molecule has 0 unspecified atom stereocenters. The number of rotatable bonds is 6. The molecular weight excluding hydrogens is 236 g/mol. The van der Waals surface area contributed by atoms with Gasteiger partial charge in [-0.2, -0.15) is 0 Å². The van der Waals surface area contributed by atoms with Gasteiger partial charge in [-0.15, -0.1) is 0 Å². The Balaban J connectivity index is 2.42. The zero-order valence-electron chi connectivity index (χ0n) is 10.3. The maximum absolute atomic E-state index is 11.5. The standard InChI is InChI=1S/C12H16N2O4/c1-8(12(16)17)13-7-11(15)14-9-3-5-10(18-2)6-4-9/h3-6,8,13H,7H2,1-2H3,(H,14,15)(H,16,17)/t8-/m1/s1. The van der Waals surface area contributed by atoms with E-state index < -0.39 is 12.0 Å². The van der Waals surface area contributed by atoms with Crippen LogP contribution in [0.2, 0.25) is 0 Å². The molecule has 1 aromatic carbocycles. The van der Waals surface area contributed by atoms with Crippen LogP contribution in [0.15, 0.2) is 24.3 Å². The fraction of sp³-hybridized carbons (Fsp3) is 0.333. The molecule has 0 fully saturated rings. The topological polar surface area (TPSA) is 87.7 Å². The van der Waals surface area contributed by atoms with Crippen molar-refractivity contribution >= 4 is 17.6 Å². The minimum absolute atomic E-state index is 0.0561. The molecule has 0 aliphatic heterocycles. The summed E-state index contributed by atoms with van der Waals surface area (Å²) >= 11 is 0. The summed E-state index contributed by atoms with van der Waals surface area (Å²) in [4.78, 5) is 22.0. The lowest BCUT2D eigenvalue weighted by Gasteiger charge is -2.09. The molecule has 1 rings (SSSR count). The first-order chi connectivity index (χ1) is 8.52. The second-order valence-corrected chi connectivity index (χ2v) is 3.72. The van der Waals surface area contributed by atoms with Crippen LogP contribution < -0.4 is 15.4 Å². The molecule has 0 aliphatic carbocycles. The predicted molar refractivity (Wildman–Crippen MR) is 66.7 cm³/mol. The van der Waals surface area contributed by atoms with Gasteiger partial charge in [0.25, 0.3) is 0 Å². The molecule has 0 saturated heterocycles. The average molecular weight is 252 g/mol. The van der Waals surface area contributed by atoms with E-state index in [1.807, 2.05) is 0 Å². The highest BCUT2D eigenvalue weighted by atomic mass is 16.5. The van der Waals surface area contributed by atoms with E-state index in [1.165, 1.54) is 6.92 Å². The van der Waals surface area contributed by atoms with Gasteiger partial charge in [-0.1, -0.05) is 0 Å². The zero-order chi connectivity index (χ0) is 13.5. The fourth-order valence-corrected chi connectivity index (χ4v) is 1.21. The van der Waals surface area contributed by atoms with E-state index in [9.17, 15) is 9.59 Å². The third-order valence-corrected chi connectivity index (χ3v) is 2.31. The van der Waals surface area contributed by atoms with Gasteiger partial charge in [0.1, 0.15) is 11.8 Å². The minimum Gasteiger partial charge on any atom is -0.497 e. The molecule has 0 aliphatic rings. The molecule has 0 radical (unpaired) electrons. The van der Waals surface area contributed by atoms with Crippen LogP contribution in [-0.2, 0) is 9.59 Å². The van der Waals surface area contributed by atoms with Gasteiger partial charge in [-0.25, -0.2) is 0 Å². The van der Waals surface area contributed by atoms with Gasteiger partial charge in [0.2, 0.25) is 5.91 Å². The Bertz CT molecular complexity index is 417. The van der Waals surface area contributed by atoms with Crippen LogP contribution in [-0.4, -0.2) is 36.7 Å². The highest BCUT2D eigenvalue weighted by Gasteiger charge is 2.11. The van der Waals surface area contributed by atoms with Crippen molar-refractivity contribution in [3.05, 3.63) is 24.3 Å². The SMILES string of the molecule is COc1ccc(NC(=O)CN[C@H](C)C(=O)O)cc1.